The monoisotopic (exact) mass is 582 g/mol. The summed E-state index contributed by atoms with van der Waals surface area (Å²) in [5, 5.41) is 6.20. The van der Waals surface area contributed by atoms with Crippen LogP contribution in [0.2, 0.25) is 0 Å². The van der Waals surface area contributed by atoms with Gasteiger partial charge in [-0.2, -0.15) is 0 Å². The maximum Gasteiger partial charge on any atom is 0.211 e. The summed E-state index contributed by atoms with van der Waals surface area (Å²) in [6.45, 7) is 1.25. The molecule has 0 unspecified atom stereocenters. The number of ether oxygens (including phenoxy) is 1. The Balaban J connectivity index is 1.26. The first kappa shape index (κ1) is 28.2. The molecule has 7 nitrogen and oxygen atoms in total. The van der Waals surface area contributed by atoms with Gasteiger partial charge in [0.15, 0.2) is 18.9 Å². The maximum absolute atomic E-state index is 13.5. The summed E-state index contributed by atoms with van der Waals surface area (Å²) in [5.41, 5.74) is 8.17. The number of hydrogen-bond donors (Lipinski definition) is 2. The van der Waals surface area contributed by atoms with Crippen molar-refractivity contribution < 1.29 is 18.5 Å². The number of halogens is 1. The van der Waals surface area contributed by atoms with Gasteiger partial charge in [0.25, 0.3) is 0 Å². The molecule has 2 N–H and O–H groups in total. The summed E-state index contributed by atoms with van der Waals surface area (Å²) in [7, 11) is 1.57. The second kappa shape index (κ2) is 12.9. The highest BCUT2D eigenvalue weighted by Crippen LogP contribution is 2.27. The quantitative estimate of drug-likeness (QED) is 0.123. The van der Waals surface area contributed by atoms with Crippen LogP contribution in [-0.2, 0) is 17.9 Å². The fraction of sp³-hybridized carbons (Fsp3) is 0.0833. The molecule has 6 rings (SSSR count). The zero-order valence-corrected chi connectivity index (χ0v) is 24.0. The van der Waals surface area contributed by atoms with Crippen LogP contribution >= 0.6 is 0 Å². The second-order valence-electron chi connectivity index (χ2n) is 10.2. The van der Waals surface area contributed by atoms with Crippen molar-refractivity contribution in [3.05, 3.63) is 144 Å². The summed E-state index contributed by atoms with van der Waals surface area (Å²) in [4.78, 5) is 15.4. The standard InChI is InChI=1S/C36H28FN5O2/c1-44-35-11-5-28(20-34(35)40-25-43)24-41-16-13-29(14-17-41)33-10-9-32(22-30(33)6-2-26-3-7-31(37)8-4-26)39-23-27-12-18-42-19-15-38-36(42)21-27/h3-5,7-22,25H,23-24H2,1H3,(H,40,43)/p+1. The molecule has 3 aromatic heterocycles. The molecular formula is C36H29FN5O2+. The van der Waals surface area contributed by atoms with E-state index in [0.717, 1.165) is 44.7 Å². The molecule has 0 spiro atoms. The van der Waals surface area contributed by atoms with E-state index < -0.39 is 0 Å². The number of fused-ring (bicyclic) bond motifs is 1. The topological polar surface area (TPSA) is 71.5 Å². The van der Waals surface area contributed by atoms with Crippen molar-refractivity contribution in [2.75, 3.05) is 17.7 Å². The van der Waals surface area contributed by atoms with Crippen molar-refractivity contribution in [1.29, 1.82) is 0 Å². The van der Waals surface area contributed by atoms with E-state index >= 15 is 0 Å². The van der Waals surface area contributed by atoms with Gasteiger partial charge in [-0.25, -0.2) is 13.9 Å². The molecule has 0 radical (unpaired) electrons. The molecule has 1 amide bonds. The highest BCUT2D eigenvalue weighted by Gasteiger charge is 2.11. The molecule has 0 saturated carbocycles. The van der Waals surface area contributed by atoms with Gasteiger partial charge in [0.1, 0.15) is 17.2 Å². The number of pyridine rings is 2. The third-order valence-electron chi connectivity index (χ3n) is 7.21. The number of carbonyl (C=O) groups is 1. The Morgan fingerprint density at radius 2 is 1.77 bits per heavy atom. The number of nitrogens with zero attached hydrogens (tertiary/aromatic N) is 3. The van der Waals surface area contributed by atoms with E-state index in [9.17, 15) is 9.18 Å². The molecule has 0 fully saturated rings. The summed E-state index contributed by atoms with van der Waals surface area (Å²) >= 11 is 0. The molecule has 0 bridgehead atoms. The number of amides is 1. The van der Waals surface area contributed by atoms with E-state index in [0.29, 0.717) is 30.9 Å². The number of rotatable bonds is 9. The third kappa shape index (κ3) is 6.58. The molecule has 6 aromatic rings. The van der Waals surface area contributed by atoms with E-state index in [1.165, 1.54) is 12.1 Å². The minimum atomic E-state index is -0.292. The van der Waals surface area contributed by atoms with Crippen LogP contribution in [0.25, 0.3) is 16.8 Å². The molecule has 0 saturated heterocycles. The van der Waals surface area contributed by atoms with Crippen molar-refractivity contribution in [3.8, 4) is 28.7 Å². The zero-order chi connectivity index (χ0) is 30.3. The average Bonchev–Trinajstić information content (AvgIpc) is 3.53. The first-order chi connectivity index (χ1) is 21.6. The Labute approximate surface area is 254 Å². The van der Waals surface area contributed by atoms with E-state index in [-0.39, 0.29) is 5.82 Å². The lowest BCUT2D eigenvalue weighted by atomic mass is 9.99. The predicted octanol–water partition coefficient (Wildman–Crippen LogP) is 6.07. The van der Waals surface area contributed by atoms with E-state index in [1.54, 1.807) is 25.4 Å². The van der Waals surface area contributed by atoms with Crippen LogP contribution in [0, 0.1) is 17.7 Å². The van der Waals surface area contributed by atoms with Gasteiger partial charge in [-0.05, 0) is 83.4 Å². The fourth-order valence-electron chi connectivity index (χ4n) is 4.93. The summed E-state index contributed by atoms with van der Waals surface area (Å²) < 4.78 is 22.8. The zero-order valence-electron chi connectivity index (χ0n) is 24.0. The number of nitrogens with one attached hydrogen (secondary N) is 2. The highest BCUT2D eigenvalue weighted by atomic mass is 19.1. The minimum absolute atomic E-state index is 0.292. The first-order valence-electron chi connectivity index (χ1n) is 14.0. The van der Waals surface area contributed by atoms with Crippen LogP contribution in [0.3, 0.4) is 0 Å². The Morgan fingerprint density at radius 1 is 0.932 bits per heavy atom. The molecule has 3 heterocycles. The van der Waals surface area contributed by atoms with Gasteiger partial charge in [0.05, 0.1) is 12.8 Å². The van der Waals surface area contributed by atoms with Gasteiger partial charge in [-0.15, -0.1) is 0 Å². The Bertz CT molecular complexity index is 1990. The highest BCUT2D eigenvalue weighted by molar-refractivity contribution is 5.76. The van der Waals surface area contributed by atoms with Crippen LogP contribution < -0.4 is 19.9 Å². The molecule has 0 aliphatic heterocycles. The van der Waals surface area contributed by atoms with Crippen LogP contribution in [0.1, 0.15) is 22.3 Å². The normalized spacial score (nSPS) is 10.6. The van der Waals surface area contributed by atoms with Crippen molar-refractivity contribution in [2.45, 2.75) is 13.1 Å². The molecule has 0 aliphatic rings. The largest absolute Gasteiger partial charge is 0.495 e. The molecule has 216 valence electrons. The number of carbonyl (C=O) groups excluding carboxylic acids is 1. The summed E-state index contributed by atoms with van der Waals surface area (Å²) in [6.07, 6.45) is 10.4. The Kier molecular flexibility index (Phi) is 8.28. The lowest BCUT2D eigenvalue weighted by Crippen LogP contribution is -2.33. The second-order valence-corrected chi connectivity index (χ2v) is 10.2. The van der Waals surface area contributed by atoms with E-state index in [1.807, 2.05) is 59.5 Å². The van der Waals surface area contributed by atoms with Crippen LogP contribution in [0.4, 0.5) is 15.8 Å². The van der Waals surface area contributed by atoms with Gasteiger partial charge in [-0.3, -0.25) is 4.79 Å². The van der Waals surface area contributed by atoms with Gasteiger partial charge < -0.3 is 19.8 Å². The van der Waals surface area contributed by atoms with Gasteiger partial charge in [-0.1, -0.05) is 17.9 Å². The van der Waals surface area contributed by atoms with Crippen molar-refractivity contribution in [3.63, 3.8) is 0 Å². The number of aromatic nitrogens is 3. The summed E-state index contributed by atoms with van der Waals surface area (Å²) in [6, 6.07) is 26.3. The maximum atomic E-state index is 13.5. The van der Waals surface area contributed by atoms with Crippen LogP contribution in [0.5, 0.6) is 5.75 Å². The molecule has 44 heavy (non-hydrogen) atoms. The predicted molar refractivity (Wildman–Crippen MR) is 169 cm³/mol. The molecule has 3 aromatic carbocycles. The van der Waals surface area contributed by atoms with Crippen LogP contribution in [0.15, 0.2) is 116 Å². The van der Waals surface area contributed by atoms with E-state index in [2.05, 4.69) is 62.4 Å². The lowest BCUT2D eigenvalue weighted by molar-refractivity contribution is -0.688. The molecule has 0 aliphatic carbocycles. The molecular weight excluding hydrogens is 553 g/mol. The average molecular weight is 583 g/mol. The summed E-state index contributed by atoms with van der Waals surface area (Å²) in [5.74, 6) is 6.81. The van der Waals surface area contributed by atoms with Crippen molar-refractivity contribution in [2.24, 2.45) is 0 Å². The number of anilines is 2. The number of methoxy groups -OCH3 is 1. The van der Waals surface area contributed by atoms with Gasteiger partial charge in [0, 0.05) is 59.6 Å². The Hall–Kier alpha value is -5.94. The number of hydrogen-bond acceptors (Lipinski definition) is 4. The lowest BCUT2D eigenvalue weighted by Gasteiger charge is -2.11. The minimum Gasteiger partial charge on any atom is -0.495 e. The number of benzene rings is 3. The number of imidazole rings is 1. The first-order valence-corrected chi connectivity index (χ1v) is 14.0. The van der Waals surface area contributed by atoms with Gasteiger partial charge >= 0.3 is 0 Å². The van der Waals surface area contributed by atoms with E-state index in [4.69, 9.17) is 4.74 Å². The van der Waals surface area contributed by atoms with Crippen LogP contribution in [-0.4, -0.2) is 22.9 Å². The van der Waals surface area contributed by atoms with Crippen molar-refractivity contribution in [1.82, 2.24) is 9.38 Å². The fourth-order valence-corrected chi connectivity index (χ4v) is 4.93. The molecule has 8 heteroatoms. The van der Waals surface area contributed by atoms with Gasteiger partial charge in [0.2, 0.25) is 6.41 Å². The molecule has 0 atom stereocenters. The Morgan fingerprint density at radius 3 is 2.57 bits per heavy atom. The third-order valence-corrected chi connectivity index (χ3v) is 7.21. The SMILES string of the molecule is COc1ccc(C[n+]2ccc(-c3ccc(NCc4ccn5ccnc5c4)cc3C#Cc3ccc(F)cc3)cc2)cc1NC=O. The van der Waals surface area contributed by atoms with Crippen molar-refractivity contribution >= 4 is 23.4 Å². The smallest absolute Gasteiger partial charge is 0.211 e.